The maximum absolute atomic E-state index is 11.7. The summed E-state index contributed by atoms with van der Waals surface area (Å²) in [5, 5.41) is 0. The van der Waals surface area contributed by atoms with E-state index in [1.54, 1.807) is 0 Å². The van der Waals surface area contributed by atoms with E-state index < -0.39 is 44.2 Å². The van der Waals surface area contributed by atoms with Crippen LogP contribution in [0, 0.1) is 0 Å². The molecule has 0 atom stereocenters. The number of carbonyl (C=O) groups excluding carboxylic acids is 3. The zero-order chi connectivity index (χ0) is 21.0. The fourth-order valence-corrected chi connectivity index (χ4v) is 1.39. The molecule has 0 aromatic heterocycles. The lowest BCUT2D eigenvalue weighted by molar-refractivity contribution is -0.262. The van der Waals surface area contributed by atoms with Crippen molar-refractivity contribution in [1.82, 2.24) is 0 Å². The maximum atomic E-state index is 11.7. The Morgan fingerprint density at radius 1 is 0.536 bits per heavy atom. The van der Waals surface area contributed by atoms with E-state index in [9.17, 15) is 14.4 Å². The first-order valence-corrected chi connectivity index (χ1v) is 8.32. The number of methoxy groups -OCH3 is 3. The molecule has 12 nitrogen and oxygen atoms in total. The second kappa shape index (κ2) is 18.5. The van der Waals surface area contributed by atoms with Gasteiger partial charge in [-0.25, -0.2) is 14.4 Å². The Kier molecular flexibility index (Phi) is 17.3. The number of hydrogen-bond donors (Lipinski definition) is 0. The van der Waals surface area contributed by atoms with E-state index in [0.717, 1.165) is 0 Å². The highest BCUT2D eigenvalue weighted by atomic mass is 16.9. The summed E-state index contributed by atoms with van der Waals surface area (Å²) in [4.78, 5) is 35.1. The summed E-state index contributed by atoms with van der Waals surface area (Å²) in [5.74, 6) is -2.74. The molecule has 0 aliphatic heterocycles. The SMILES string of the molecule is COCCOCC(=O)OC(OC(=O)COCCOC)OC(=O)COCCOC. The predicted octanol–water partition coefficient (Wildman–Crippen LogP) is -1.11. The van der Waals surface area contributed by atoms with E-state index in [-0.39, 0.29) is 39.6 Å². The maximum Gasteiger partial charge on any atom is 0.413 e. The Balaban J connectivity index is 4.44. The second-order valence-corrected chi connectivity index (χ2v) is 4.89. The van der Waals surface area contributed by atoms with Gasteiger partial charge in [-0.2, -0.15) is 0 Å². The summed E-state index contributed by atoms with van der Waals surface area (Å²) in [7, 11) is 4.42. The average Bonchev–Trinajstić information content (AvgIpc) is 2.66. The third-order valence-electron chi connectivity index (χ3n) is 2.64. The van der Waals surface area contributed by atoms with Crippen LogP contribution < -0.4 is 0 Å². The van der Waals surface area contributed by atoms with Crippen LogP contribution in [0.15, 0.2) is 0 Å². The van der Waals surface area contributed by atoms with Gasteiger partial charge in [0.2, 0.25) is 0 Å². The van der Waals surface area contributed by atoms with Gasteiger partial charge >= 0.3 is 24.4 Å². The Bertz CT molecular complexity index is 366. The molecule has 0 fully saturated rings. The fraction of sp³-hybridized carbons (Fsp3) is 0.812. The van der Waals surface area contributed by atoms with Crippen LogP contribution in [0.5, 0.6) is 0 Å². The van der Waals surface area contributed by atoms with Crippen LogP contribution in [-0.2, 0) is 57.0 Å². The summed E-state index contributed by atoms with van der Waals surface area (Å²) in [6.07, 6.45) is 0. The summed E-state index contributed by atoms with van der Waals surface area (Å²) in [5.41, 5.74) is 0. The van der Waals surface area contributed by atoms with E-state index in [0.29, 0.717) is 0 Å². The topological polar surface area (TPSA) is 134 Å². The van der Waals surface area contributed by atoms with Crippen LogP contribution in [0.2, 0.25) is 0 Å². The first-order chi connectivity index (χ1) is 13.5. The van der Waals surface area contributed by atoms with Gasteiger partial charge in [-0.3, -0.25) is 0 Å². The van der Waals surface area contributed by atoms with Gasteiger partial charge in [0.1, 0.15) is 19.8 Å². The number of esters is 3. The van der Waals surface area contributed by atoms with Crippen molar-refractivity contribution in [3.05, 3.63) is 0 Å². The van der Waals surface area contributed by atoms with Gasteiger partial charge in [0.25, 0.3) is 0 Å². The Morgan fingerprint density at radius 3 is 1.07 bits per heavy atom. The average molecular weight is 412 g/mol. The van der Waals surface area contributed by atoms with Gasteiger partial charge < -0.3 is 42.6 Å². The first-order valence-electron chi connectivity index (χ1n) is 8.32. The van der Waals surface area contributed by atoms with Crippen molar-refractivity contribution in [3.63, 3.8) is 0 Å². The summed E-state index contributed by atoms with van der Waals surface area (Å²) in [6, 6.07) is 0. The lowest BCUT2D eigenvalue weighted by atomic mass is 10.7. The standard InChI is InChI=1S/C16H28O12/c1-20-4-7-23-10-13(17)26-16(27-14(18)11-24-8-5-21-2)28-15(19)12-25-9-6-22-3/h16H,4-12H2,1-3H3. The number of ether oxygens (including phenoxy) is 9. The molecule has 0 aromatic rings. The normalized spacial score (nSPS) is 10.7. The van der Waals surface area contributed by atoms with E-state index in [2.05, 4.69) is 0 Å². The second-order valence-electron chi connectivity index (χ2n) is 4.89. The molecule has 0 N–H and O–H groups in total. The van der Waals surface area contributed by atoms with E-state index in [1.807, 2.05) is 0 Å². The molecule has 0 saturated carbocycles. The molecule has 0 radical (unpaired) electrons. The van der Waals surface area contributed by atoms with Crippen LogP contribution >= 0.6 is 0 Å². The van der Waals surface area contributed by atoms with Crippen molar-refractivity contribution in [2.75, 3.05) is 80.8 Å². The molecular formula is C16H28O12. The van der Waals surface area contributed by atoms with Crippen LogP contribution in [0.25, 0.3) is 0 Å². The van der Waals surface area contributed by atoms with Crippen molar-refractivity contribution in [3.8, 4) is 0 Å². The molecule has 12 heteroatoms. The third kappa shape index (κ3) is 16.4. The zero-order valence-corrected chi connectivity index (χ0v) is 16.3. The monoisotopic (exact) mass is 412 g/mol. The molecule has 0 heterocycles. The number of carbonyl (C=O) groups is 3. The molecule has 28 heavy (non-hydrogen) atoms. The molecule has 0 unspecified atom stereocenters. The minimum Gasteiger partial charge on any atom is -0.389 e. The van der Waals surface area contributed by atoms with Crippen molar-refractivity contribution >= 4 is 17.9 Å². The molecule has 0 spiro atoms. The largest absolute Gasteiger partial charge is 0.413 e. The predicted molar refractivity (Wildman–Crippen MR) is 90.1 cm³/mol. The van der Waals surface area contributed by atoms with Crippen LogP contribution in [0.1, 0.15) is 0 Å². The summed E-state index contributed by atoms with van der Waals surface area (Å²) >= 11 is 0. The quantitative estimate of drug-likeness (QED) is 0.153. The highest BCUT2D eigenvalue weighted by Crippen LogP contribution is 2.02. The molecule has 0 rings (SSSR count). The first kappa shape index (κ1) is 26.2. The highest BCUT2D eigenvalue weighted by molar-refractivity contribution is 5.74. The minimum atomic E-state index is -1.91. The Hall–Kier alpha value is -1.83. The van der Waals surface area contributed by atoms with E-state index >= 15 is 0 Å². The number of hydrogen-bond acceptors (Lipinski definition) is 12. The molecule has 0 amide bonds. The van der Waals surface area contributed by atoms with Crippen LogP contribution in [-0.4, -0.2) is 105 Å². The van der Waals surface area contributed by atoms with E-state index in [1.165, 1.54) is 21.3 Å². The van der Waals surface area contributed by atoms with Crippen LogP contribution in [0.4, 0.5) is 0 Å². The molecule has 0 aliphatic carbocycles. The molecule has 0 aliphatic rings. The Morgan fingerprint density at radius 2 is 0.821 bits per heavy atom. The minimum absolute atomic E-state index is 0.149. The fourth-order valence-electron chi connectivity index (χ4n) is 1.39. The van der Waals surface area contributed by atoms with Crippen molar-refractivity contribution < 1.29 is 57.0 Å². The molecular weight excluding hydrogens is 384 g/mol. The zero-order valence-electron chi connectivity index (χ0n) is 16.3. The van der Waals surface area contributed by atoms with Crippen molar-refractivity contribution in [2.24, 2.45) is 0 Å². The van der Waals surface area contributed by atoms with E-state index in [4.69, 9.17) is 42.6 Å². The summed E-state index contributed by atoms with van der Waals surface area (Å²) in [6.45, 7) is -1.99. The van der Waals surface area contributed by atoms with Gasteiger partial charge in [0, 0.05) is 21.3 Å². The number of rotatable bonds is 18. The molecule has 0 aromatic carbocycles. The summed E-state index contributed by atoms with van der Waals surface area (Å²) < 4.78 is 43.5. The molecule has 0 bridgehead atoms. The highest BCUT2D eigenvalue weighted by Gasteiger charge is 2.24. The lowest BCUT2D eigenvalue weighted by Crippen LogP contribution is -2.33. The van der Waals surface area contributed by atoms with Gasteiger partial charge in [-0.1, -0.05) is 0 Å². The van der Waals surface area contributed by atoms with Gasteiger partial charge in [0.15, 0.2) is 0 Å². The van der Waals surface area contributed by atoms with Crippen molar-refractivity contribution in [2.45, 2.75) is 6.48 Å². The lowest BCUT2D eigenvalue weighted by Gasteiger charge is -2.18. The van der Waals surface area contributed by atoms with Gasteiger partial charge in [0.05, 0.1) is 39.6 Å². The smallest absolute Gasteiger partial charge is 0.389 e. The molecule has 0 saturated heterocycles. The van der Waals surface area contributed by atoms with Crippen LogP contribution in [0.3, 0.4) is 0 Å². The molecule has 164 valence electrons. The van der Waals surface area contributed by atoms with Gasteiger partial charge in [-0.15, -0.1) is 0 Å². The van der Waals surface area contributed by atoms with Gasteiger partial charge in [-0.05, 0) is 0 Å². The third-order valence-corrected chi connectivity index (χ3v) is 2.64. The Labute approximate surface area is 163 Å². The van der Waals surface area contributed by atoms with Crippen molar-refractivity contribution in [1.29, 1.82) is 0 Å².